The molecule has 2 saturated heterocycles. The molecule has 2 fully saturated rings. The lowest BCUT2D eigenvalue weighted by Crippen LogP contribution is -2.49. The summed E-state index contributed by atoms with van der Waals surface area (Å²) in [4.78, 5) is 32.4. The highest BCUT2D eigenvalue weighted by Crippen LogP contribution is 2.38. The minimum Gasteiger partial charge on any atom is -0.382 e. The molecule has 2 aromatic carbocycles. The molecule has 4 rings (SSSR count). The molecule has 2 heterocycles. The van der Waals surface area contributed by atoms with E-state index in [-0.39, 0.29) is 25.1 Å². The average molecular weight is 547 g/mol. The van der Waals surface area contributed by atoms with Crippen molar-refractivity contribution < 1.29 is 22.9 Å². The quantitative estimate of drug-likeness (QED) is 0.284. The number of piperazine rings is 1. The van der Waals surface area contributed by atoms with Gasteiger partial charge in [0, 0.05) is 75.7 Å². The second-order valence-corrected chi connectivity index (χ2v) is 9.49. The molecule has 0 spiro atoms. The summed E-state index contributed by atoms with van der Waals surface area (Å²) in [5, 5.41) is 14.0. The SMILES string of the molecule is C.[C-]#[N+]c1ccc(N2CCN(C(=O)CCN3CCC(Nc4ccc([N+](=O)[O-])c(C(F)(F)F)c4)CC3)CC2)cc1. The maximum absolute atomic E-state index is 13.2. The van der Waals surface area contributed by atoms with Crippen molar-refractivity contribution in [1.29, 1.82) is 0 Å². The summed E-state index contributed by atoms with van der Waals surface area (Å²) in [5.41, 5.74) is -0.367. The maximum Gasteiger partial charge on any atom is 0.423 e. The number of amides is 1. The van der Waals surface area contributed by atoms with E-state index in [9.17, 15) is 28.1 Å². The van der Waals surface area contributed by atoms with E-state index < -0.39 is 22.4 Å². The number of carbonyl (C=O) groups is 1. The molecular formula is C27H33F3N6O3. The first-order valence-electron chi connectivity index (χ1n) is 12.5. The first kappa shape index (κ1) is 29.7. The normalized spacial score (nSPS) is 16.8. The third-order valence-corrected chi connectivity index (χ3v) is 7.08. The van der Waals surface area contributed by atoms with E-state index in [4.69, 9.17) is 6.57 Å². The largest absolute Gasteiger partial charge is 0.423 e. The number of hydrogen-bond donors (Lipinski definition) is 1. The van der Waals surface area contributed by atoms with Crippen LogP contribution in [0.5, 0.6) is 0 Å². The molecule has 0 bridgehead atoms. The van der Waals surface area contributed by atoms with Crippen LogP contribution >= 0.6 is 0 Å². The minimum absolute atomic E-state index is 0. The van der Waals surface area contributed by atoms with Gasteiger partial charge in [-0.05, 0) is 37.1 Å². The van der Waals surface area contributed by atoms with Gasteiger partial charge >= 0.3 is 6.18 Å². The number of piperidine rings is 1. The number of carbonyl (C=O) groups excluding carboxylic acids is 1. The fourth-order valence-corrected chi connectivity index (χ4v) is 4.91. The minimum atomic E-state index is -4.81. The van der Waals surface area contributed by atoms with E-state index in [1.54, 1.807) is 12.1 Å². The second-order valence-electron chi connectivity index (χ2n) is 9.49. The molecule has 0 saturated carbocycles. The van der Waals surface area contributed by atoms with Gasteiger partial charge in [-0.25, -0.2) is 4.85 Å². The maximum atomic E-state index is 13.2. The van der Waals surface area contributed by atoms with Crippen molar-refractivity contribution in [2.75, 3.05) is 56.0 Å². The van der Waals surface area contributed by atoms with Crippen LogP contribution in [0.25, 0.3) is 4.85 Å². The highest BCUT2D eigenvalue weighted by atomic mass is 19.4. The van der Waals surface area contributed by atoms with Crippen molar-refractivity contribution in [1.82, 2.24) is 9.80 Å². The molecule has 0 aromatic heterocycles. The Morgan fingerprint density at radius 3 is 2.26 bits per heavy atom. The van der Waals surface area contributed by atoms with E-state index >= 15 is 0 Å². The third-order valence-electron chi connectivity index (χ3n) is 7.08. The van der Waals surface area contributed by atoms with Gasteiger partial charge < -0.3 is 20.0 Å². The van der Waals surface area contributed by atoms with Gasteiger partial charge in [0.2, 0.25) is 5.91 Å². The molecule has 1 amide bonds. The number of anilines is 2. The van der Waals surface area contributed by atoms with Crippen molar-refractivity contribution in [3.63, 3.8) is 0 Å². The average Bonchev–Trinajstić information content (AvgIpc) is 2.92. The van der Waals surface area contributed by atoms with Crippen LogP contribution in [0.4, 0.5) is 35.9 Å². The van der Waals surface area contributed by atoms with Gasteiger partial charge in [0.15, 0.2) is 5.69 Å². The van der Waals surface area contributed by atoms with Gasteiger partial charge in [-0.15, -0.1) is 0 Å². The van der Waals surface area contributed by atoms with Crippen molar-refractivity contribution >= 4 is 28.7 Å². The number of nitrogens with one attached hydrogen (secondary N) is 1. The van der Waals surface area contributed by atoms with Crippen LogP contribution in [-0.4, -0.2) is 72.5 Å². The summed E-state index contributed by atoms with van der Waals surface area (Å²) in [6, 6.07) is 10.4. The van der Waals surface area contributed by atoms with Crippen LogP contribution < -0.4 is 10.2 Å². The molecular weight excluding hydrogens is 513 g/mol. The lowest BCUT2D eigenvalue weighted by molar-refractivity contribution is -0.388. The highest BCUT2D eigenvalue weighted by molar-refractivity contribution is 5.76. The fraction of sp³-hybridized carbons (Fsp3) is 0.481. The van der Waals surface area contributed by atoms with E-state index in [0.29, 0.717) is 57.7 Å². The van der Waals surface area contributed by atoms with E-state index in [1.807, 2.05) is 17.0 Å². The fourth-order valence-electron chi connectivity index (χ4n) is 4.91. The zero-order valence-corrected chi connectivity index (χ0v) is 20.8. The highest BCUT2D eigenvalue weighted by Gasteiger charge is 2.38. The number of rotatable bonds is 7. The van der Waals surface area contributed by atoms with Crippen LogP contribution in [0.1, 0.15) is 32.3 Å². The monoisotopic (exact) mass is 546 g/mol. The van der Waals surface area contributed by atoms with E-state index in [1.165, 1.54) is 6.07 Å². The standard InChI is InChI=1S/C26H29F3N6O3.CH4/c1-30-19-2-5-22(6-3-19)33-14-16-34(17-15-33)25(36)10-13-32-11-8-20(9-12-32)31-21-4-7-24(35(37)38)23(18-21)26(27,28)29;/h2-7,18,20,31H,8-17H2;1H4. The molecule has 12 heteroatoms. The zero-order valence-electron chi connectivity index (χ0n) is 20.8. The van der Waals surface area contributed by atoms with Gasteiger partial charge in [0.05, 0.1) is 11.5 Å². The lowest BCUT2D eigenvalue weighted by Gasteiger charge is -2.37. The van der Waals surface area contributed by atoms with Gasteiger partial charge in [0.1, 0.15) is 5.56 Å². The molecule has 210 valence electrons. The van der Waals surface area contributed by atoms with Crippen LogP contribution in [0.2, 0.25) is 0 Å². The molecule has 9 nitrogen and oxygen atoms in total. The van der Waals surface area contributed by atoms with Crippen molar-refractivity contribution in [3.8, 4) is 0 Å². The van der Waals surface area contributed by atoms with Crippen LogP contribution in [0, 0.1) is 16.7 Å². The Morgan fingerprint density at radius 2 is 1.69 bits per heavy atom. The zero-order chi connectivity index (χ0) is 27.3. The number of likely N-dealkylation sites (tertiary alicyclic amines) is 1. The topological polar surface area (TPSA) is 86.3 Å². The molecule has 2 aliphatic heterocycles. The second kappa shape index (κ2) is 12.8. The molecule has 39 heavy (non-hydrogen) atoms. The number of halogens is 3. The summed E-state index contributed by atoms with van der Waals surface area (Å²) < 4.78 is 39.7. The number of nitro groups is 1. The predicted molar refractivity (Wildman–Crippen MR) is 144 cm³/mol. The molecule has 0 radical (unpaired) electrons. The van der Waals surface area contributed by atoms with E-state index in [0.717, 1.165) is 30.9 Å². The first-order valence-corrected chi connectivity index (χ1v) is 12.5. The van der Waals surface area contributed by atoms with Gasteiger partial charge in [0.25, 0.3) is 5.69 Å². The number of nitrogens with zero attached hydrogens (tertiary/aromatic N) is 5. The third kappa shape index (κ3) is 7.60. The van der Waals surface area contributed by atoms with Crippen LogP contribution in [0.15, 0.2) is 42.5 Å². The Balaban J connectivity index is 0.00000420. The summed E-state index contributed by atoms with van der Waals surface area (Å²) in [7, 11) is 0. The molecule has 0 atom stereocenters. The van der Waals surface area contributed by atoms with Crippen LogP contribution in [0.3, 0.4) is 0 Å². The van der Waals surface area contributed by atoms with Crippen LogP contribution in [-0.2, 0) is 11.0 Å². The predicted octanol–water partition coefficient (Wildman–Crippen LogP) is 5.42. The Kier molecular flexibility index (Phi) is 9.75. The summed E-state index contributed by atoms with van der Waals surface area (Å²) in [6.45, 7) is 11.8. The number of benzene rings is 2. The van der Waals surface area contributed by atoms with E-state index in [2.05, 4.69) is 20.0 Å². The van der Waals surface area contributed by atoms with Crippen molar-refractivity contribution in [2.24, 2.45) is 0 Å². The Labute approximate surface area is 226 Å². The molecule has 0 unspecified atom stereocenters. The van der Waals surface area contributed by atoms with Gasteiger partial charge in [-0.3, -0.25) is 14.9 Å². The summed E-state index contributed by atoms with van der Waals surface area (Å²) in [6.07, 6.45) is -3.02. The smallest absolute Gasteiger partial charge is 0.382 e. The number of nitro benzene ring substituents is 1. The van der Waals surface area contributed by atoms with Gasteiger partial charge in [-0.2, -0.15) is 13.2 Å². The lowest BCUT2D eigenvalue weighted by atomic mass is 10.0. The molecule has 0 aliphatic carbocycles. The Hall–Kier alpha value is -3.85. The molecule has 2 aromatic rings. The van der Waals surface area contributed by atoms with Crippen molar-refractivity contribution in [2.45, 2.75) is 38.9 Å². The number of alkyl halides is 3. The molecule has 1 N–H and O–H groups in total. The summed E-state index contributed by atoms with van der Waals surface area (Å²) >= 11 is 0. The van der Waals surface area contributed by atoms with Crippen molar-refractivity contribution in [3.05, 3.63) is 69.6 Å². The molecule has 2 aliphatic rings. The summed E-state index contributed by atoms with van der Waals surface area (Å²) in [5.74, 6) is 0.110. The Bertz CT molecular complexity index is 1180. The van der Waals surface area contributed by atoms with Gasteiger partial charge in [-0.1, -0.05) is 19.6 Å². The Morgan fingerprint density at radius 1 is 1.05 bits per heavy atom. The number of hydrogen-bond acceptors (Lipinski definition) is 6. The first-order chi connectivity index (χ1) is 18.1.